The van der Waals surface area contributed by atoms with Crippen molar-refractivity contribution in [2.24, 2.45) is 0 Å². The molecule has 1 saturated heterocycles. The van der Waals surface area contributed by atoms with Gasteiger partial charge in [0.25, 0.3) is 11.8 Å². The fourth-order valence-electron chi connectivity index (χ4n) is 14.0. The van der Waals surface area contributed by atoms with Crippen molar-refractivity contribution >= 4 is 56.2 Å². The summed E-state index contributed by atoms with van der Waals surface area (Å²) in [6.45, 7) is 36.7. The summed E-state index contributed by atoms with van der Waals surface area (Å²) in [5.41, 5.74) is 4.57. The van der Waals surface area contributed by atoms with E-state index in [9.17, 15) is 32.1 Å². The van der Waals surface area contributed by atoms with E-state index in [0.717, 1.165) is 34.8 Å². The van der Waals surface area contributed by atoms with Crippen LogP contribution in [0.4, 0.5) is 5.69 Å². The summed E-state index contributed by atoms with van der Waals surface area (Å²) in [7, 11) is -4.65. The Labute approximate surface area is 765 Å². The van der Waals surface area contributed by atoms with Crippen molar-refractivity contribution in [3.63, 3.8) is 0 Å². The number of ether oxygens (including phenoxy) is 25. The van der Waals surface area contributed by atoms with Crippen LogP contribution in [0.2, 0.25) is 0 Å². The molecule has 0 atom stereocenters. The second-order valence-electron chi connectivity index (χ2n) is 30.6. The van der Waals surface area contributed by atoms with E-state index in [1.54, 1.807) is 17.0 Å². The first kappa shape index (κ1) is 110. The molecule has 3 amide bonds. The maximum Gasteiger partial charge on any atom is 0.335 e. The number of hydrogen-bond acceptors (Lipinski definition) is 35. The SMILES string of the molecule is CCC1=CC(C)(C)[N+](CC)=c2cc3c(cc21)=C(c1nccn1CC(=O)NCCOCCOCCOCCOCCOCCOCCOCCOCCOCCOCCOCCOCCOCCOCCOCCOCCOCCOCCOCCOCCOCCOCCOCCOCCC(=O)ON1C(=O)CCC1=O)c1cc2c(cc1O3)N(CC)C(C)(C)C=C2CS(=O)(=O)[O-]. The molecule has 130 heavy (non-hydrogen) atoms. The Morgan fingerprint density at radius 2 is 0.800 bits per heavy atom. The largest absolute Gasteiger partial charge is 0.748 e. The minimum absolute atomic E-state index is 0.0448. The second-order valence-corrected chi connectivity index (χ2v) is 32.0. The second kappa shape index (κ2) is 66.8. The number of benzene rings is 2. The molecule has 1 aromatic heterocycles. The quantitative estimate of drug-likeness (QED) is 0.0286. The van der Waals surface area contributed by atoms with Crippen LogP contribution in [0, 0.1) is 0 Å². The minimum Gasteiger partial charge on any atom is -0.748 e. The van der Waals surface area contributed by atoms with Crippen LogP contribution in [0.5, 0.6) is 11.5 Å². The van der Waals surface area contributed by atoms with Gasteiger partial charge >= 0.3 is 5.97 Å². The van der Waals surface area contributed by atoms with Crippen molar-refractivity contribution in [2.45, 2.75) is 91.8 Å². The fraction of sp³-hybridized carbons (Fsp3) is 0.733. The van der Waals surface area contributed by atoms with E-state index in [1.165, 1.54) is 5.57 Å². The molecule has 0 unspecified atom stereocenters. The minimum atomic E-state index is -4.65. The number of allylic oxidation sites excluding steroid dienone is 1. The number of nitrogens with one attached hydrogen (secondary N) is 1. The van der Waals surface area contributed by atoms with E-state index in [1.807, 2.05) is 39.0 Å². The lowest BCUT2D eigenvalue weighted by Gasteiger charge is -2.43. The van der Waals surface area contributed by atoms with Crippen molar-refractivity contribution < 1.29 is 155 Å². The number of hydrogen-bond donors (Lipinski definition) is 1. The standard InChI is InChI=1S/C90H144N6O33S/c1-8-73-69-89(4,5)94(9-2)79-67-81-77(65-75(73)79)87(78-66-76-74(72-130(101,102)103)70-90(6,7)95(10-3)80(76)68-82(78)128-81)88-92-14-16-93(88)71-83(97)91-15-18-105-20-22-107-24-26-109-28-30-111-32-34-113-36-38-115-40-42-117-44-46-119-48-50-121-52-54-123-56-58-125-60-62-127-64-63-126-61-59-124-57-55-122-53-51-120-49-47-118-45-43-116-41-39-114-37-35-112-33-31-110-29-27-108-25-23-106-21-19-104-17-13-86(100)129-96-84(98)11-12-85(96)99/h14,16,65-70H,8-13,15,17-64,71-72H2,1-7H3,(H-,91,97,101,102,103). The first-order valence-electron chi connectivity index (χ1n) is 45.4. The number of likely N-dealkylation sites (N-methyl/N-ethyl adjacent to an activating group) is 2. The van der Waals surface area contributed by atoms with E-state index in [-0.39, 0.29) is 63.6 Å². The van der Waals surface area contributed by atoms with E-state index in [4.69, 9.17) is 128 Å². The number of rotatable bonds is 84. The molecule has 2 aromatic carbocycles. The number of hydroxylamine groups is 2. The average Bonchev–Trinajstić information content (AvgIpc) is 1.12. The molecule has 0 aliphatic carbocycles. The van der Waals surface area contributed by atoms with Crippen LogP contribution in [-0.4, -0.2) is 405 Å². The normalized spacial score (nSPS) is 14.6. The van der Waals surface area contributed by atoms with Gasteiger partial charge in [-0.05, 0) is 63.5 Å². The van der Waals surface area contributed by atoms with Gasteiger partial charge in [0, 0.05) is 91.4 Å². The molecule has 1 fully saturated rings. The highest BCUT2D eigenvalue weighted by Gasteiger charge is 2.39. The Hall–Kier alpha value is -6.57. The summed E-state index contributed by atoms with van der Waals surface area (Å²) >= 11 is 0. The van der Waals surface area contributed by atoms with Crippen LogP contribution in [0.15, 0.2) is 48.8 Å². The predicted octanol–water partition coefficient (Wildman–Crippen LogP) is 3.39. The van der Waals surface area contributed by atoms with Gasteiger partial charge in [-0.3, -0.25) is 14.4 Å². The van der Waals surface area contributed by atoms with Crippen LogP contribution in [0.1, 0.15) is 96.7 Å². The third-order valence-corrected chi connectivity index (χ3v) is 20.7. The van der Waals surface area contributed by atoms with Crippen molar-refractivity contribution in [3.8, 4) is 11.5 Å². The topological polar surface area (TPSA) is 405 Å². The maximum absolute atomic E-state index is 13.6. The molecular weight excluding hydrogens is 1730 g/mol. The fourth-order valence-corrected chi connectivity index (χ4v) is 14.6. The Bertz CT molecular complexity index is 3970. The first-order valence-corrected chi connectivity index (χ1v) is 47.0. The summed E-state index contributed by atoms with van der Waals surface area (Å²) in [4.78, 5) is 60.1. The summed E-state index contributed by atoms with van der Waals surface area (Å²) in [6, 6.07) is 8.11. The molecule has 0 bridgehead atoms. The molecule has 0 spiro atoms. The molecule has 1 N–H and O–H groups in total. The molecule has 3 aromatic rings. The number of imidazole rings is 1. The summed E-state index contributed by atoms with van der Waals surface area (Å²) < 4.78 is 181. The van der Waals surface area contributed by atoms with Crippen LogP contribution in [0.3, 0.4) is 0 Å². The van der Waals surface area contributed by atoms with Gasteiger partial charge in [0.2, 0.25) is 11.3 Å². The highest BCUT2D eigenvalue weighted by molar-refractivity contribution is 7.86. The van der Waals surface area contributed by atoms with E-state index in [2.05, 4.69) is 60.7 Å². The van der Waals surface area contributed by atoms with E-state index >= 15 is 0 Å². The molecule has 5 heterocycles. The first-order chi connectivity index (χ1) is 63.3. The maximum atomic E-state index is 13.6. The van der Waals surface area contributed by atoms with Crippen LogP contribution >= 0.6 is 0 Å². The van der Waals surface area contributed by atoms with E-state index in [0.29, 0.717) is 349 Å². The molecule has 4 aliphatic rings. The summed E-state index contributed by atoms with van der Waals surface area (Å²) in [5, 5.41) is 5.31. The highest BCUT2D eigenvalue weighted by Crippen LogP contribution is 2.47. The number of carbonyl (C=O) groups excluding carboxylic acids is 4. The zero-order valence-electron chi connectivity index (χ0n) is 77.5. The molecule has 4 aliphatic heterocycles. The Morgan fingerprint density at radius 3 is 1.14 bits per heavy atom. The number of amides is 3. The van der Waals surface area contributed by atoms with Crippen molar-refractivity contribution in [1.82, 2.24) is 24.5 Å². The third-order valence-electron chi connectivity index (χ3n) is 20.0. The lowest BCUT2D eigenvalue weighted by Crippen LogP contribution is -2.49. The van der Waals surface area contributed by atoms with Crippen molar-refractivity contribution in [3.05, 3.63) is 81.9 Å². The monoisotopic (exact) mass is 1870 g/mol. The zero-order chi connectivity index (χ0) is 92.8. The predicted molar refractivity (Wildman–Crippen MR) is 474 cm³/mol. The summed E-state index contributed by atoms with van der Waals surface area (Å²) in [6.07, 6.45) is 8.42. The van der Waals surface area contributed by atoms with E-state index < -0.39 is 39.2 Å². The molecule has 0 radical (unpaired) electrons. The number of carbonyl (C=O) groups is 4. The Kier molecular flexibility index (Phi) is 56.7. The number of anilines is 1. The van der Waals surface area contributed by atoms with Gasteiger partial charge in [-0.15, -0.1) is 5.06 Å². The van der Waals surface area contributed by atoms with Crippen LogP contribution in [0.25, 0.3) is 16.7 Å². The summed E-state index contributed by atoms with van der Waals surface area (Å²) in [5.74, 6) is -0.966. The lowest BCUT2D eigenvalue weighted by atomic mass is 9.85. The van der Waals surface area contributed by atoms with Gasteiger partial charge in [0.05, 0.1) is 351 Å². The van der Waals surface area contributed by atoms with Gasteiger partial charge < -0.3 is 143 Å². The number of fused-ring (bicyclic) bond motifs is 4. The zero-order valence-corrected chi connectivity index (χ0v) is 78.4. The number of aromatic nitrogens is 2. The number of nitrogens with zero attached hydrogens (tertiary/aromatic N) is 5. The van der Waals surface area contributed by atoms with Crippen LogP contribution < -0.4 is 30.1 Å². The van der Waals surface area contributed by atoms with Crippen LogP contribution in [-0.2, 0) is 154 Å². The molecular formula is C90H144N6O33S. The molecule has 0 saturated carbocycles. The van der Waals surface area contributed by atoms with Crippen molar-refractivity contribution in [1.29, 1.82) is 0 Å². The molecule has 39 nitrogen and oxygen atoms in total. The van der Waals surface area contributed by atoms with Gasteiger partial charge in [0.15, 0.2) is 5.54 Å². The highest BCUT2D eigenvalue weighted by atomic mass is 32.2. The smallest absolute Gasteiger partial charge is 0.335 e. The average molecular weight is 1870 g/mol. The van der Waals surface area contributed by atoms with Gasteiger partial charge in [-0.2, -0.15) is 0 Å². The Morgan fingerprint density at radius 1 is 0.446 bits per heavy atom. The van der Waals surface area contributed by atoms with Gasteiger partial charge in [0.1, 0.15) is 30.4 Å². The molecule has 738 valence electrons. The molecule has 40 heteroatoms. The Balaban J connectivity index is 0.533. The van der Waals surface area contributed by atoms with Gasteiger partial charge in [-0.25, -0.2) is 22.8 Å². The van der Waals surface area contributed by atoms with Gasteiger partial charge in [-0.1, -0.05) is 13.0 Å². The lowest BCUT2D eigenvalue weighted by molar-refractivity contribution is -0.198. The third kappa shape index (κ3) is 44.3. The van der Waals surface area contributed by atoms with Crippen molar-refractivity contribution in [2.75, 3.05) is 347 Å². The molecule has 7 rings (SSSR count). The number of imide groups is 1.